The van der Waals surface area contributed by atoms with Crippen molar-refractivity contribution >= 4 is 27.8 Å². The maximum atomic E-state index is 6.28. The molecule has 1 saturated carbocycles. The van der Waals surface area contributed by atoms with Crippen molar-refractivity contribution in [1.82, 2.24) is 19.9 Å². The van der Waals surface area contributed by atoms with E-state index >= 15 is 0 Å². The average Bonchev–Trinajstić information content (AvgIpc) is 3.13. The zero-order chi connectivity index (χ0) is 18.2. The van der Waals surface area contributed by atoms with Crippen LogP contribution < -0.4 is 11.1 Å². The van der Waals surface area contributed by atoms with E-state index < -0.39 is 0 Å². The minimum atomic E-state index is 0.156. The largest absolute Gasteiger partial charge is 0.361 e. The summed E-state index contributed by atoms with van der Waals surface area (Å²) in [6, 6.07) is 8.65. The van der Waals surface area contributed by atoms with E-state index in [9.17, 15) is 0 Å². The number of nitrogens with two attached hydrogens (primary N) is 1. The van der Waals surface area contributed by atoms with Gasteiger partial charge in [0.2, 0.25) is 5.95 Å². The van der Waals surface area contributed by atoms with E-state index in [0.29, 0.717) is 5.95 Å². The van der Waals surface area contributed by atoms with Gasteiger partial charge in [0.05, 0.1) is 5.52 Å². The van der Waals surface area contributed by atoms with Crippen LogP contribution in [0.1, 0.15) is 25.7 Å². The molecule has 27 heavy (non-hydrogen) atoms. The normalized spacial score (nSPS) is 20.2. The van der Waals surface area contributed by atoms with Gasteiger partial charge >= 0.3 is 0 Å². The Labute approximate surface area is 157 Å². The van der Waals surface area contributed by atoms with Gasteiger partial charge in [-0.2, -0.15) is 0 Å². The van der Waals surface area contributed by atoms with Gasteiger partial charge in [-0.25, -0.2) is 9.97 Å². The molecule has 1 aliphatic rings. The molecule has 2 atom stereocenters. The zero-order valence-electron chi connectivity index (χ0n) is 15.0. The van der Waals surface area contributed by atoms with Crippen molar-refractivity contribution in [3.8, 4) is 11.1 Å². The fourth-order valence-corrected chi connectivity index (χ4v) is 4.02. The Bertz CT molecular complexity index is 1100. The predicted octanol–water partition coefficient (Wildman–Crippen LogP) is 3.85. The van der Waals surface area contributed by atoms with Crippen molar-refractivity contribution in [1.29, 1.82) is 0 Å². The summed E-state index contributed by atoms with van der Waals surface area (Å²) in [5.74, 6) is 0.636. The molecule has 4 N–H and O–H groups in total. The summed E-state index contributed by atoms with van der Waals surface area (Å²) in [5.41, 5.74) is 10.4. The first-order chi connectivity index (χ1) is 13.3. The van der Waals surface area contributed by atoms with Gasteiger partial charge in [-0.1, -0.05) is 31.0 Å². The highest BCUT2D eigenvalue weighted by molar-refractivity contribution is 6.03. The molecule has 1 aliphatic carbocycles. The second-order valence-corrected chi connectivity index (χ2v) is 7.27. The van der Waals surface area contributed by atoms with Gasteiger partial charge in [0.15, 0.2) is 0 Å². The van der Waals surface area contributed by atoms with Crippen LogP contribution in [0.2, 0.25) is 0 Å². The maximum absolute atomic E-state index is 6.28. The highest BCUT2D eigenvalue weighted by atomic mass is 15.1. The van der Waals surface area contributed by atoms with E-state index in [1.54, 1.807) is 0 Å². The SMILES string of the molecule is N[C@@H]1CCCC[C@@H]1Nc1ncc2cncc(-c3c[nH]c4ccccc34)c2n1. The van der Waals surface area contributed by atoms with E-state index in [0.717, 1.165) is 45.8 Å². The third kappa shape index (κ3) is 2.92. The lowest BCUT2D eigenvalue weighted by Crippen LogP contribution is -2.42. The number of benzene rings is 1. The van der Waals surface area contributed by atoms with E-state index in [-0.39, 0.29) is 12.1 Å². The summed E-state index contributed by atoms with van der Waals surface area (Å²) >= 11 is 0. The standard InChI is InChI=1S/C21H22N6/c22-17-6-2-4-8-19(17)26-21-25-10-13-9-23-11-16(20(13)27-21)15-12-24-18-7-3-1-5-14(15)18/h1,3,5,7,9-12,17,19,24H,2,4,6,8,22H2,(H,25,26,27)/t17-,19+/m1/s1. The number of anilines is 1. The van der Waals surface area contributed by atoms with Crippen LogP contribution in [0.4, 0.5) is 5.95 Å². The minimum absolute atomic E-state index is 0.156. The molecular weight excluding hydrogens is 336 g/mol. The smallest absolute Gasteiger partial charge is 0.223 e. The highest BCUT2D eigenvalue weighted by Gasteiger charge is 2.22. The van der Waals surface area contributed by atoms with Crippen molar-refractivity contribution < 1.29 is 0 Å². The summed E-state index contributed by atoms with van der Waals surface area (Å²) in [7, 11) is 0. The van der Waals surface area contributed by atoms with Crippen molar-refractivity contribution in [2.24, 2.45) is 5.73 Å². The molecule has 0 radical (unpaired) electrons. The maximum Gasteiger partial charge on any atom is 0.223 e. The summed E-state index contributed by atoms with van der Waals surface area (Å²) in [6.07, 6.45) is 12.1. The van der Waals surface area contributed by atoms with Crippen molar-refractivity contribution in [3.63, 3.8) is 0 Å². The second kappa shape index (κ2) is 6.63. The van der Waals surface area contributed by atoms with E-state index in [4.69, 9.17) is 10.7 Å². The molecule has 6 nitrogen and oxygen atoms in total. The molecule has 3 heterocycles. The van der Waals surface area contributed by atoms with Crippen LogP contribution in [-0.4, -0.2) is 32.0 Å². The molecule has 1 aromatic carbocycles. The molecule has 0 bridgehead atoms. The molecule has 0 saturated heterocycles. The number of nitrogens with zero attached hydrogens (tertiary/aromatic N) is 3. The van der Waals surface area contributed by atoms with Gasteiger partial charge in [-0.05, 0) is 18.9 Å². The fraction of sp³-hybridized carbons (Fsp3) is 0.286. The van der Waals surface area contributed by atoms with E-state index in [2.05, 4.69) is 32.4 Å². The summed E-state index contributed by atoms with van der Waals surface area (Å²) in [4.78, 5) is 17.1. The first-order valence-corrected chi connectivity index (χ1v) is 9.49. The van der Waals surface area contributed by atoms with Crippen molar-refractivity contribution in [3.05, 3.63) is 49.1 Å². The van der Waals surface area contributed by atoms with Crippen molar-refractivity contribution in [2.45, 2.75) is 37.8 Å². The number of aromatic amines is 1. The number of hydrogen-bond donors (Lipinski definition) is 3. The number of rotatable bonds is 3. The van der Waals surface area contributed by atoms with Gasteiger partial charge in [0, 0.05) is 64.3 Å². The minimum Gasteiger partial charge on any atom is -0.361 e. The molecular formula is C21H22N6. The lowest BCUT2D eigenvalue weighted by atomic mass is 9.91. The van der Waals surface area contributed by atoms with Crippen LogP contribution in [0.5, 0.6) is 0 Å². The lowest BCUT2D eigenvalue weighted by molar-refractivity contribution is 0.402. The number of pyridine rings is 1. The Kier molecular flexibility index (Phi) is 3.98. The molecule has 1 fully saturated rings. The van der Waals surface area contributed by atoms with Crippen LogP contribution in [-0.2, 0) is 0 Å². The van der Waals surface area contributed by atoms with Gasteiger partial charge < -0.3 is 16.0 Å². The van der Waals surface area contributed by atoms with Crippen LogP contribution in [0, 0.1) is 0 Å². The molecule has 0 spiro atoms. The molecule has 0 amide bonds. The number of hydrogen-bond acceptors (Lipinski definition) is 5. The molecule has 6 heteroatoms. The summed E-state index contributed by atoms with van der Waals surface area (Å²) in [5, 5.41) is 5.55. The number of aromatic nitrogens is 4. The van der Waals surface area contributed by atoms with E-state index in [1.165, 1.54) is 12.8 Å². The molecule has 0 unspecified atom stereocenters. The van der Waals surface area contributed by atoms with Crippen molar-refractivity contribution in [2.75, 3.05) is 5.32 Å². The molecule has 0 aliphatic heterocycles. The molecule has 4 aromatic rings. The Morgan fingerprint density at radius 1 is 1.04 bits per heavy atom. The van der Waals surface area contributed by atoms with Gasteiger partial charge in [0.25, 0.3) is 0 Å². The first kappa shape index (κ1) is 16.2. The Hall–Kier alpha value is -2.99. The summed E-state index contributed by atoms with van der Waals surface area (Å²) in [6.45, 7) is 0. The number of nitrogens with one attached hydrogen (secondary N) is 2. The van der Waals surface area contributed by atoms with E-state index in [1.807, 2.05) is 36.9 Å². The van der Waals surface area contributed by atoms with Gasteiger partial charge in [0.1, 0.15) is 0 Å². The number of fused-ring (bicyclic) bond motifs is 2. The monoisotopic (exact) mass is 358 g/mol. The Balaban J connectivity index is 1.59. The average molecular weight is 358 g/mol. The molecule has 3 aromatic heterocycles. The van der Waals surface area contributed by atoms with Crippen LogP contribution in [0.25, 0.3) is 32.9 Å². The second-order valence-electron chi connectivity index (χ2n) is 7.27. The third-order valence-electron chi connectivity index (χ3n) is 5.50. The van der Waals surface area contributed by atoms with Crippen LogP contribution in [0.3, 0.4) is 0 Å². The Morgan fingerprint density at radius 3 is 2.85 bits per heavy atom. The highest BCUT2D eigenvalue weighted by Crippen LogP contribution is 2.32. The number of H-pyrrole nitrogens is 1. The zero-order valence-corrected chi connectivity index (χ0v) is 15.0. The van der Waals surface area contributed by atoms with Gasteiger partial charge in [-0.3, -0.25) is 4.98 Å². The Morgan fingerprint density at radius 2 is 1.93 bits per heavy atom. The van der Waals surface area contributed by atoms with Gasteiger partial charge in [-0.15, -0.1) is 0 Å². The quantitative estimate of drug-likeness (QED) is 0.517. The lowest BCUT2D eigenvalue weighted by Gasteiger charge is -2.29. The predicted molar refractivity (Wildman–Crippen MR) is 108 cm³/mol. The molecule has 136 valence electrons. The van der Waals surface area contributed by atoms with Crippen LogP contribution >= 0.6 is 0 Å². The first-order valence-electron chi connectivity index (χ1n) is 9.49. The van der Waals surface area contributed by atoms with Crippen LogP contribution in [0.15, 0.2) is 49.1 Å². The molecule has 5 rings (SSSR count). The number of para-hydroxylation sites is 1. The topological polar surface area (TPSA) is 92.5 Å². The third-order valence-corrected chi connectivity index (χ3v) is 5.50. The fourth-order valence-electron chi connectivity index (χ4n) is 4.02. The summed E-state index contributed by atoms with van der Waals surface area (Å²) < 4.78 is 0.